The Morgan fingerprint density at radius 3 is 2.65 bits per heavy atom. The van der Waals surface area contributed by atoms with Crippen molar-refractivity contribution in [3.63, 3.8) is 0 Å². The molecular formula is C16H24ClFN2. The Kier molecular flexibility index (Phi) is 5.05. The molecule has 2 atom stereocenters. The number of hydrogen-bond acceptors (Lipinski definition) is 2. The predicted octanol–water partition coefficient (Wildman–Crippen LogP) is 3.38. The minimum atomic E-state index is -0.142. The van der Waals surface area contributed by atoms with E-state index in [1.54, 1.807) is 12.1 Å². The van der Waals surface area contributed by atoms with Crippen molar-refractivity contribution in [1.29, 1.82) is 0 Å². The maximum atomic E-state index is 13.0. The van der Waals surface area contributed by atoms with Crippen LogP contribution in [0.2, 0.25) is 0 Å². The van der Waals surface area contributed by atoms with Gasteiger partial charge in [0.2, 0.25) is 0 Å². The Hall–Kier alpha value is -0.640. The first-order valence-electron chi connectivity index (χ1n) is 7.43. The van der Waals surface area contributed by atoms with Crippen molar-refractivity contribution in [1.82, 2.24) is 10.2 Å². The summed E-state index contributed by atoms with van der Waals surface area (Å²) in [7, 11) is 0. The van der Waals surface area contributed by atoms with E-state index in [1.165, 1.54) is 44.6 Å². The van der Waals surface area contributed by atoms with Crippen LogP contribution in [0.1, 0.15) is 37.8 Å². The number of hydrogen-bond donors (Lipinski definition) is 1. The summed E-state index contributed by atoms with van der Waals surface area (Å²) >= 11 is 0. The molecule has 2 fully saturated rings. The zero-order valence-electron chi connectivity index (χ0n) is 12.1. The van der Waals surface area contributed by atoms with Crippen LogP contribution in [0, 0.1) is 11.2 Å². The van der Waals surface area contributed by atoms with Crippen LogP contribution in [-0.2, 0) is 0 Å². The van der Waals surface area contributed by atoms with Gasteiger partial charge in [0, 0.05) is 19.1 Å². The largest absolute Gasteiger partial charge is 0.316 e. The van der Waals surface area contributed by atoms with Gasteiger partial charge in [-0.2, -0.15) is 0 Å². The summed E-state index contributed by atoms with van der Waals surface area (Å²) < 4.78 is 13.0. The van der Waals surface area contributed by atoms with Crippen LogP contribution in [0.15, 0.2) is 24.3 Å². The van der Waals surface area contributed by atoms with Gasteiger partial charge in [0.1, 0.15) is 5.82 Å². The minimum absolute atomic E-state index is 0. The fourth-order valence-electron chi connectivity index (χ4n) is 3.77. The molecule has 2 aliphatic rings. The molecule has 20 heavy (non-hydrogen) atoms. The lowest BCUT2D eigenvalue weighted by atomic mass is 9.86. The van der Waals surface area contributed by atoms with Crippen LogP contribution in [0.4, 0.5) is 4.39 Å². The fraction of sp³-hybridized carbons (Fsp3) is 0.625. The van der Waals surface area contributed by atoms with Gasteiger partial charge in [0.05, 0.1) is 0 Å². The van der Waals surface area contributed by atoms with Gasteiger partial charge in [0.15, 0.2) is 0 Å². The van der Waals surface area contributed by atoms with E-state index in [9.17, 15) is 4.39 Å². The van der Waals surface area contributed by atoms with Gasteiger partial charge in [-0.1, -0.05) is 19.1 Å². The lowest BCUT2D eigenvalue weighted by Crippen LogP contribution is -2.31. The zero-order chi connectivity index (χ0) is 13.3. The third-order valence-electron chi connectivity index (χ3n) is 4.88. The smallest absolute Gasteiger partial charge is 0.123 e. The Morgan fingerprint density at radius 2 is 2.05 bits per heavy atom. The van der Waals surface area contributed by atoms with Gasteiger partial charge in [0.25, 0.3) is 0 Å². The molecule has 2 heterocycles. The molecule has 4 heteroatoms. The molecule has 1 aromatic carbocycles. The number of nitrogens with zero attached hydrogens (tertiary/aromatic N) is 1. The summed E-state index contributed by atoms with van der Waals surface area (Å²) in [6.45, 7) is 6.93. The van der Waals surface area contributed by atoms with Crippen molar-refractivity contribution in [2.24, 2.45) is 5.41 Å². The molecule has 0 aromatic heterocycles. The lowest BCUT2D eigenvalue weighted by Gasteiger charge is -2.29. The third kappa shape index (κ3) is 3.00. The van der Waals surface area contributed by atoms with Gasteiger partial charge in [-0.25, -0.2) is 4.39 Å². The molecule has 0 bridgehead atoms. The van der Waals surface area contributed by atoms with Crippen LogP contribution in [0.25, 0.3) is 0 Å². The minimum Gasteiger partial charge on any atom is -0.316 e. The van der Waals surface area contributed by atoms with E-state index in [0.29, 0.717) is 11.5 Å². The molecule has 1 spiro atoms. The Labute approximate surface area is 127 Å². The van der Waals surface area contributed by atoms with Crippen LogP contribution < -0.4 is 5.32 Å². The summed E-state index contributed by atoms with van der Waals surface area (Å²) in [5.41, 5.74) is 1.76. The fourth-order valence-corrected chi connectivity index (χ4v) is 3.77. The number of likely N-dealkylation sites (tertiary alicyclic amines) is 1. The van der Waals surface area contributed by atoms with E-state index in [0.717, 1.165) is 6.42 Å². The van der Waals surface area contributed by atoms with Gasteiger partial charge >= 0.3 is 0 Å². The summed E-state index contributed by atoms with van der Waals surface area (Å²) in [6.07, 6.45) is 3.70. The number of rotatable bonds is 3. The Balaban J connectivity index is 0.00000147. The van der Waals surface area contributed by atoms with E-state index >= 15 is 0 Å². The SMILES string of the molecule is CCC(c1ccc(F)cc1)N1CCC2(CCNC2)C1.Cl. The molecule has 1 N–H and O–H groups in total. The molecule has 1 aromatic rings. The first kappa shape index (κ1) is 15.7. The van der Waals surface area contributed by atoms with Gasteiger partial charge in [-0.05, 0) is 55.5 Å². The van der Waals surface area contributed by atoms with Gasteiger partial charge in [-0.15, -0.1) is 12.4 Å². The maximum absolute atomic E-state index is 13.0. The van der Waals surface area contributed by atoms with Crippen LogP contribution in [0.3, 0.4) is 0 Å². The molecule has 3 rings (SSSR count). The third-order valence-corrected chi connectivity index (χ3v) is 4.88. The maximum Gasteiger partial charge on any atom is 0.123 e. The van der Waals surface area contributed by atoms with Gasteiger partial charge < -0.3 is 5.32 Å². The van der Waals surface area contributed by atoms with E-state index in [2.05, 4.69) is 17.1 Å². The molecule has 2 nitrogen and oxygen atoms in total. The summed E-state index contributed by atoms with van der Waals surface area (Å²) in [5, 5.41) is 3.50. The van der Waals surface area contributed by atoms with E-state index < -0.39 is 0 Å². The average Bonchev–Trinajstić information content (AvgIpc) is 3.04. The predicted molar refractivity (Wildman–Crippen MR) is 82.8 cm³/mol. The molecule has 2 saturated heterocycles. The van der Waals surface area contributed by atoms with Crippen LogP contribution in [0.5, 0.6) is 0 Å². The molecule has 112 valence electrons. The zero-order valence-corrected chi connectivity index (χ0v) is 12.9. The Bertz CT molecular complexity index is 429. The van der Waals surface area contributed by atoms with E-state index in [-0.39, 0.29) is 18.2 Å². The molecule has 0 radical (unpaired) electrons. The van der Waals surface area contributed by atoms with Crippen LogP contribution >= 0.6 is 12.4 Å². The van der Waals surface area contributed by atoms with Crippen molar-refractivity contribution < 1.29 is 4.39 Å². The molecular weight excluding hydrogens is 275 g/mol. The monoisotopic (exact) mass is 298 g/mol. The second-order valence-corrected chi connectivity index (χ2v) is 6.12. The first-order chi connectivity index (χ1) is 9.22. The van der Waals surface area contributed by atoms with Crippen molar-refractivity contribution in [3.05, 3.63) is 35.6 Å². The summed E-state index contributed by atoms with van der Waals surface area (Å²) in [5.74, 6) is -0.142. The highest BCUT2D eigenvalue weighted by atomic mass is 35.5. The molecule has 2 unspecified atom stereocenters. The number of halogens is 2. The molecule has 0 aliphatic carbocycles. The van der Waals surface area contributed by atoms with Crippen molar-refractivity contribution in [2.75, 3.05) is 26.2 Å². The molecule has 0 saturated carbocycles. The highest BCUT2D eigenvalue weighted by Crippen LogP contribution is 2.40. The topological polar surface area (TPSA) is 15.3 Å². The highest BCUT2D eigenvalue weighted by molar-refractivity contribution is 5.85. The quantitative estimate of drug-likeness (QED) is 0.920. The normalized spacial score (nSPS) is 27.7. The van der Waals surface area contributed by atoms with Gasteiger partial charge in [-0.3, -0.25) is 4.90 Å². The molecule has 0 amide bonds. The van der Waals surface area contributed by atoms with Crippen molar-refractivity contribution in [3.8, 4) is 0 Å². The standard InChI is InChI=1S/C16H23FN2.ClH/c1-2-15(13-3-5-14(17)6-4-13)19-10-8-16(12-19)7-9-18-11-16;/h3-6,15,18H,2,7-12H2,1H3;1H. The lowest BCUT2D eigenvalue weighted by molar-refractivity contribution is 0.206. The second kappa shape index (κ2) is 6.42. The first-order valence-corrected chi connectivity index (χ1v) is 7.43. The molecule has 2 aliphatic heterocycles. The van der Waals surface area contributed by atoms with E-state index in [1.807, 2.05) is 12.1 Å². The van der Waals surface area contributed by atoms with Crippen molar-refractivity contribution >= 4 is 12.4 Å². The average molecular weight is 299 g/mol. The Morgan fingerprint density at radius 1 is 1.30 bits per heavy atom. The van der Waals surface area contributed by atoms with Crippen molar-refractivity contribution in [2.45, 2.75) is 32.2 Å². The van der Waals surface area contributed by atoms with E-state index in [4.69, 9.17) is 0 Å². The summed E-state index contributed by atoms with van der Waals surface area (Å²) in [4.78, 5) is 2.60. The number of nitrogens with one attached hydrogen (secondary N) is 1. The van der Waals surface area contributed by atoms with Crippen LogP contribution in [-0.4, -0.2) is 31.1 Å². The highest BCUT2D eigenvalue weighted by Gasteiger charge is 2.42. The second-order valence-electron chi connectivity index (χ2n) is 6.12. The number of benzene rings is 1. The summed E-state index contributed by atoms with van der Waals surface area (Å²) in [6, 6.07) is 7.51.